The maximum Gasteiger partial charge on any atom is 0.0929 e. The summed E-state index contributed by atoms with van der Waals surface area (Å²) in [6.07, 6.45) is 2.75. The summed E-state index contributed by atoms with van der Waals surface area (Å²) in [6.45, 7) is 2.15. The Morgan fingerprint density at radius 1 is 1.07 bits per heavy atom. The molecule has 1 aromatic heterocycles. The zero-order valence-electron chi connectivity index (χ0n) is 8.14. The largest absolute Gasteiger partial charge is 0.159 e. The molecule has 2 aromatic rings. The summed E-state index contributed by atoms with van der Waals surface area (Å²) in [6, 6.07) is 12.3. The summed E-state index contributed by atoms with van der Waals surface area (Å²) >= 11 is 0. The van der Waals surface area contributed by atoms with E-state index in [0.717, 1.165) is 17.7 Å². The minimum absolute atomic E-state index is 0.926. The first kappa shape index (κ1) is 8.88. The Labute approximate surface area is 83.6 Å². The Morgan fingerprint density at radius 2 is 1.86 bits per heavy atom. The van der Waals surface area contributed by atoms with Crippen LogP contribution in [0.1, 0.15) is 12.5 Å². The molecule has 0 fully saturated rings. The van der Waals surface area contributed by atoms with Crippen LogP contribution in [0.3, 0.4) is 0 Å². The number of benzene rings is 1. The molecule has 0 saturated heterocycles. The van der Waals surface area contributed by atoms with E-state index in [1.165, 1.54) is 5.56 Å². The number of hydrogen-bond donors (Lipinski definition) is 0. The highest BCUT2D eigenvalue weighted by Crippen LogP contribution is 2.16. The van der Waals surface area contributed by atoms with Crippen LogP contribution in [0.15, 0.2) is 42.6 Å². The van der Waals surface area contributed by atoms with Crippen molar-refractivity contribution in [1.29, 1.82) is 0 Å². The highest BCUT2D eigenvalue weighted by Gasteiger charge is 1.97. The van der Waals surface area contributed by atoms with Gasteiger partial charge in [-0.2, -0.15) is 10.2 Å². The van der Waals surface area contributed by atoms with Gasteiger partial charge in [-0.1, -0.05) is 31.2 Å². The minimum atomic E-state index is 0.926. The molecule has 2 nitrogen and oxygen atoms in total. The van der Waals surface area contributed by atoms with Gasteiger partial charge in [0, 0.05) is 11.8 Å². The fourth-order valence-electron chi connectivity index (χ4n) is 1.37. The third-order valence-electron chi connectivity index (χ3n) is 2.23. The van der Waals surface area contributed by atoms with E-state index in [2.05, 4.69) is 41.4 Å². The van der Waals surface area contributed by atoms with E-state index in [1.54, 1.807) is 6.20 Å². The fraction of sp³-hybridized carbons (Fsp3) is 0.167. The summed E-state index contributed by atoms with van der Waals surface area (Å²) in [5.41, 5.74) is 3.39. The van der Waals surface area contributed by atoms with Crippen LogP contribution in [0, 0.1) is 0 Å². The molecule has 0 aliphatic heterocycles. The molecule has 14 heavy (non-hydrogen) atoms. The van der Waals surface area contributed by atoms with Gasteiger partial charge in [0.2, 0.25) is 0 Å². The third kappa shape index (κ3) is 1.79. The first-order valence-corrected chi connectivity index (χ1v) is 4.77. The first-order valence-electron chi connectivity index (χ1n) is 4.77. The lowest BCUT2D eigenvalue weighted by Crippen LogP contribution is -1.86. The summed E-state index contributed by atoms with van der Waals surface area (Å²) in [7, 11) is 0. The van der Waals surface area contributed by atoms with Gasteiger partial charge in [0.1, 0.15) is 0 Å². The molecule has 0 aliphatic rings. The van der Waals surface area contributed by atoms with E-state index in [9.17, 15) is 0 Å². The minimum Gasteiger partial charge on any atom is -0.159 e. The number of hydrogen-bond acceptors (Lipinski definition) is 2. The molecular weight excluding hydrogens is 172 g/mol. The normalized spacial score (nSPS) is 10.1. The molecule has 0 unspecified atom stereocenters. The first-order chi connectivity index (χ1) is 6.90. The molecular formula is C12H12N2. The molecule has 2 rings (SSSR count). The number of nitrogens with zero attached hydrogens (tertiary/aromatic N) is 2. The number of rotatable bonds is 2. The van der Waals surface area contributed by atoms with Gasteiger partial charge in [-0.15, -0.1) is 0 Å². The van der Waals surface area contributed by atoms with Crippen LogP contribution in [0.2, 0.25) is 0 Å². The van der Waals surface area contributed by atoms with Crippen molar-refractivity contribution < 1.29 is 0 Å². The van der Waals surface area contributed by atoms with Gasteiger partial charge >= 0.3 is 0 Å². The van der Waals surface area contributed by atoms with Crippen molar-refractivity contribution in [3.05, 3.63) is 48.2 Å². The van der Waals surface area contributed by atoms with E-state index in [1.807, 2.05) is 12.1 Å². The molecule has 0 N–H and O–H groups in total. The molecule has 0 amide bonds. The summed E-state index contributed by atoms with van der Waals surface area (Å²) < 4.78 is 0. The van der Waals surface area contributed by atoms with Gasteiger partial charge in [0.05, 0.1) is 5.69 Å². The van der Waals surface area contributed by atoms with Gasteiger partial charge < -0.3 is 0 Å². The molecule has 0 bridgehead atoms. The lowest BCUT2D eigenvalue weighted by Gasteiger charge is -2.00. The zero-order chi connectivity index (χ0) is 9.80. The van der Waals surface area contributed by atoms with E-state index in [0.29, 0.717) is 0 Å². The molecule has 1 aromatic carbocycles. The highest BCUT2D eigenvalue weighted by molar-refractivity contribution is 5.58. The highest BCUT2D eigenvalue weighted by atomic mass is 15.1. The molecule has 0 spiro atoms. The van der Waals surface area contributed by atoms with Crippen LogP contribution in [0.5, 0.6) is 0 Å². The van der Waals surface area contributed by atoms with Crippen LogP contribution in [0.25, 0.3) is 11.3 Å². The zero-order valence-corrected chi connectivity index (χ0v) is 8.14. The average molecular weight is 184 g/mol. The van der Waals surface area contributed by atoms with E-state index < -0.39 is 0 Å². The molecule has 0 saturated carbocycles. The van der Waals surface area contributed by atoms with Crippen LogP contribution >= 0.6 is 0 Å². The lowest BCUT2D eigenvalue weighted by molar-refractivity contribution is 1.04. The van der Waals surface area contributed by atoms with E-state index >= 15 is 0 Å². The Hall–Kier alpha value is -1.70. The quantitative estimate of drug-likeness (QED) is 0.717. The predicted molar refractivity (Wildman–Crippen MR) is 56.8 cm³/mol. The lowest BCUT2D eigenvalue weighted by atomic mass is 10.1. The SMILES string of the molecule is CCc1ccc(-c2cccnn2)cc1. The number of aromatic nitrogens is 2. The van der Waals surface area contributed by atoms with Crippen LogP contribution in [0.4, 0.5) is 0 Å². The second-order valence-electron chi connectivity index (χ2n) is 3.16. The smallest absolute Gasteiger partial charge is 0.0929 e. The van der Waals surface area contributed by atoms with Gasteiger partial charge in [0.25, 0.3) is 0 Å². The Bertz CT molecular complexity index is 392. The standard InChI is InChI=1S/C12H12N2/c1-2-10-5-7-11(8-6-10)12-4-3-9-13-14-12/h3-9H,2H2,1H3. The van der Waals surface area contributed by atoms with Crippen molar-refractivity contribution >= 4 is 0 Å². The fourth-order valence-corrected chi connectivity index (χ4v) is 1.37. The monoisotopic (exact) mass is 184 g/mol. The van der Waals surface area contributed by atoms with Gasteiger partial charge in [-0.25, -0.2) is 0 Å². The topological polar surface area (TPSA) is 25.8 Å². The van der Waals surface area contributed by atoms with Crippen molar-refractivity contribution in [3.63, 3.8) is 0 Å². The van der Waals surface area contributed by atoms with Crippen molar-refractivity contribution in [3.8, 4) is 11.3 Å². The van der Waals surface area contributed by atoms with Crippen LogP contribution in [-0.2, 0) is 6.42 Å². The molecule has 70 valence electrons. The van der Waals surface area contributed by atoms with Crippen molar-refractivity contribution in [2.75, 3.05) is 0 Å². The predicted octanol–water partition coefficient (Wildman–Crippen LogP) is 2.71. The van der Waals surface area contributed by atoms with Crippen LogP contribution in [-0.4, -0.2) is 10.2 Å². The molecule has 2 heteroatoms. The average Bonchev–Trinajstić information content (AvgIpc) is 2.30. The summed E-state index contributed by atoms with van der Waals surface area (Å²) in [5.74, 6) is 0. The van der Waals surface area contributed by atoms with Crippen molar-refractivity contribution in [2.24, 2.45) is 0 Å². The van der Waals surface area contributed by atoms with Crippen molar-refractivity contribution in [2.45, 2.75) is 13.3 Å². The van der Waals surface area contributed by atoms with Crippen LogP contribution < -0.4 is 0 Å². The number of aryl methyl sites for hydroxylation is 1. The summed E-state index contributed by atoms with van der Waals surface area (Å²) in [5, 5.41) is 7.91. The molecule has 0 atom stereocenters. The van der Waals surface area contributed by atoms with Crippen molar-refractivity contribution in [1.82, 2.24) is 10.2 Å². The Morgan fingerprint density at radius 3 is 2.43 bits per heavy atom. The molecule has 1 heterocycles. The Balaban J connectivity index is 2.34. The molecule has 0 aliphatic carbocycles. The molecule has 0 radical (unpaired) electrons. The second-order valence-corrected chi connectivity index (χ2v) is 3.16. The Kier molecular flexibility index (Phi) is 2.54. The van der Waals surface area contributed by atoms with E-state index in [-0.39, 0.29) is 0 Å². The van der Waals surface area contributed by atoms with E-state index in [4.69, 9.17) is 0 Å². The van der Waals surface area contributed by atoms with Gasteiger partial charge in [-0.3, -0.25) is 0 Å². The van der Waals surface area contributed by atoms with Gasteiger partial charge in [-0.05, 0) is 24.1 Å². The van der Waals surface area contributed by atoms with Gasteiger partial charge in [0.15, 0.2) is 0 Å². The summed E-state index contributed by atoms with van der Waals surface area (Å²) in [4.78, 5) is 0. The maximum atomic E-state index is 4.05. The maximum absolute atomic E-state index is 4.05. The third-order valence-corrected chi connectivity index (χ3v) is 2.23. The second kappa shape index (κ2) is 4.01.